The Labute approximate surface area is 106 Å². The molecule has 1 aromatic heterocycles. The minimum atomic E-state index is -0.0576. The van der Waals surface area contributed by atoms with Crippen molar-refractivity contribution in [1.82, 2.24) is 14.9 Å². The summed E-state index contributed by atoms with van der Waals surface area (Å²) in [5.74, 6) is -0.0576. The number of benzene rings is 1. The highest BCUT2D eigenvalue weighted by atomic mass is 16.1. The van der Waals surface area contributed by atoms with Crippen LogP contribution in [0.4, 0.5) is 5.69 Å². The predicted octanol–water partition coefficient (Wildman–Crippen LogP) is 1.35. The minimum Gasteiger partial charge on any atom is -0.388 e. The molecule has 0 unspecified atom stereocenters. The van der Waals surface area contributed by atoms with Gasteiger partial charge in [-0.15, -0.1) is 0 Å². The summed E-state index contributed by atoms with van der Waals surface area (Å²) in [5.41, 5.74) is 1.66. The molecule has 0 fully saturated rings. The number of carbonyl (C=O) groups excluding carboxylic acids is 1. The Morgan fingerprint density at radius 1 is 1.33 bits per heavy atom. The van der Waals surface area contributed by atoms with Gasteiger partial charge in [-0.25, -0.2) is 4.98 Å². The van der Waals surface area contributed by atoms with Gasteiger partial charge in [0.1, 0.15) is 0 Å². The maximum Gasteiger partial charge on any atom is 0.251 e. The van der Waals surface area contributed by atoms with Gasteiger partial charge < -0.3 is 15.2 Å². The number of amides is 1. The van der Waals surface area contributed by atoms with Crippen LogP contribution in [0.3, 0.4) is 0 Å². The topological polar surface area (TPSA) is 59.0 Å². The minimum absolute atomic E-state index is 0.0576. The van der Waals surface area contributed by atoms with Crippen molar-refractivity contribution in [3.05, 3.63) is 48.5 Å². The first-order valence-electron chi connectivity index (χ1n) is 5.81. The molecule has 18 heavy (non-hydrogen) atoms. The van der Waals surface area contributed by atoms with Crippen LogP contribution in [-0.2, 0) is 6.54 Å². The van der Waals surface area contributed by atoms with E-state index in [1.54, 1.807) is 24.7 Å². The molecular formula is C13H16N4O. The summed E-state index contributed by atoms with van der Waals surface area (Å²) in [5, 5.41) is 5.88. The van der Waals surface area contributed by atoms with E-state index < -0.39 is 0 Å². The molecule has 0 radical (unpaired) electrons. The highest BCUT2D eigenvalue weighted by Crippen LogP contribution is 2.08. The highest BCUT2D eigenvalue weighted by Gasteiger charge is 2.04. The van der Waals surface area contributed by atoms with Crippen LogP contribution >= 0.6 is 0 Å². The van der Waals surface area contributed by atoms with Crippen LogP contribution in [0.25, 0.3) is 0 Å². The van der Waals surface area contributed by atoms with Gasteiger partial charge in [0.15, 0.2) is 0 Å². The summed E-state index contributed by atoms with van der Waals surface area (Å²) in [6.45, 7) is 1.31. The molecule has 1 amide bonds. The summed E-state index contributed by atoms with van der Waals surface area (Å²) >= 11 is 0. The van der Waals surface area contributed by atoms with E-state index in [1.807, 2.05) is 29.9 Å². The lowest BCUT2D eigenvalue weighted by atomic mass is 10.2. The Morgan fingerprint density at radius 2 is 2.11 bits per heavy atom. The number of carbonyl (C=O) groups is 1. The van der Waals surface area contributed by atoms with Crippen LogP contribution in [0.1, 0.15) is 10.4 Å². The number of hydrogen-bond donors (Lipinski definition) is 2. The average Bonchev–Trinajstić information content (AvgIpc) is 2.92. The molecule has 0 spiro atoms. The molecule has 0 bridgehead atoms. The Bertz CT molecular complexity index is 490. The van der Waals surface area contributed by atoms with Gasteiger partial charge in [-0.2, -0.15) is 0 Å². The maximum atomic E-state index is 11.8. The quantitative estimate of drug-likeness (QED) is 0.834. The van der Waals surface area contributed by atoms with E-state index in [0.29, 0.717) is 12.1 Å². The van der Waals surface area contributed by atoms with E-state index in [-0.39, 0.29) is 5.91 Å². The smallest absolute Gasteiger partial charge is 0.251 e. The standard InChI is InChI=1S/C13H16N4O/c1-14-12-4-2-11(3-5-12)13(18)16-7-9-17-8-6-15-10-17/h2-6,8,10,14H,7,9H2,1H3,(H,16,18). The Kier molecular flexibility index (Phi) is 3.96. The Balaban J connectivity index is 1.83. The second-order valence-corrected chi connectivity index (χ2v) is 3.88. The third-order valence-electron chi connectivity index (χ3n) is 2.65. The second-order valence-electron chi connectivity index (χ2n) is 3.88. The second kappa shape index (κ2) is 5.86. The SMILES string of the molecule is CNc1ccc(C(=O)NCCn2ccnc2)cc1. The molecule has 0 atom stereocenters. The number of aromatic nitrogens is 2. The predicted molar refractivity (Wildman–Crippen MR) is 70.5 cm³/mol. The fourth-order valence-corrected chi connectivity index (χ4v) is 1.61. The van der Waals surface area contributed by atoms with Crippen molar-refractivity contribution in [3.63, 3.8) is 0 Å². The lowest BCUT2D eigenvalue weighted by molar-refractivity contribution is 0.0952. The van der Waals surface area contributed by atoms with Gasteiger partial charge in [0.25, 0.3) is 5.91 Å². The van der Waals surface area contributed by atoms with Gasteiger partial charge in [0.2, 0.25) is 0 Å². The van der Waals surface area contributed by atoms with E-state index in [4.69, 9.17) is 0 Å². The lowest BCUT2D eigenvalue weighted by Crippen LogP contribution is -2.26. The molecule has 2 N–H and O–H groups in total. The number of nitrogens with zero attached hydrogens (tertiary/aromatic N) is 2. The molecule has 0 saturated heterocycles. The van der Waals surface area contributed by atoms with Crippen molar-refractivity contribution in [2.24, 2.45) is 0 Å². The number of rotatable bonds is 5. The zero-order valence-corrected chi connectivity index (χ0v) is 10.3. The van der Waals surface area contributed by atoms with Crippen LogP contribution in [-0.4, -0.2) is 29.1 Å². The molecule has 0 aliphatic carbocycles. The van der Waals surface area contributed by atoms with E-state index in [0.717, 1.165) is 12.2 Å². The van der Waals surface area contributed by atoms with Crippen molar-refractivity contribution >= 4 is 11.6 Å². The van der Waals surface area contributed by atoms with Crippen molar-refractivity contribution in [2.75, 3.05) is 18.9 Å². The first-order valence-corrected chi connectivity index (χ1v) is 5.81. The van der Waals surface area contributed by atoms with Gasteiger partial charge in [0, 0.05) is 43.8 Å². The van der Waals surface area contributed by atoms with Crippen LogP contribution in [0.15, 0.2) is 43.0 Å². The summed E-state index contributed by atoms with van der Waals surface area (Å²) in [7, 11) is 1.85. The molecule has 1 aromatic carbocycles. The van der Waals surface area contributed by atoms with E-state index >= 15 is 0 Å². The number of hydrogen-bond acceptors (Lipinski definition) is 3. The fourth-order valence-electron chi connectivity index (χ4n) is 1.61. The maximum absolute atomic E-state index is 11.8. The van der Waals surface area contributed by atoms with Gasteiger partial charge >= 0.3 is 0 Å². The number of nitrogens with one attached hydrogen (secondary N) is 2. The zero-order chi connectivity index (χ0) is 12.8. The van der Waals surface area contributed by atoms with Gasteiger partial charge in [-0.05, 0) is 24.3 Å². The zero-order valence-electron chi connectivity index (χ0n) is 10.3. The van der Waals surface area contributed by atoms with Crippen LogP contribution in [0, 0.1) is 0 Å². The third-order valence-corrected chi connectivity index (χ3v) is 2.65. The van der Waals surface area contributed by atoms with E-state index in [9.17, 15) is 4.79 Å². The van der Waals surface area contributed by atoms with Crippen molar-refractivity contribution in [3.8, 4) is 0 Å². The molecule has 1 heterocycles. The van der Waals surface area contributed by atoms with Crippen molar-refractivity contribution in [1.29, 1.82) is 0 Å². The molecule has 5 heteroatoms. The fraction of sp³-hybridized carbons (Fsp3) is 0.231. The first-order chi connectivity index (χ1) is 8.79. The molecule has 0 aliphatic heterocycles. The molecule has 2 aromatic rings. The van der Waals surface area contributed by atoms with Crippen LogP contribution in [0.2, 0.25) is 0 Å². The van der Waals surface area contributed by atoms with E-state index in [2.05, 4.69) is 15.6 Å². The Hall–Kier alpha value is -2.30. The molecule has 0 saturated carbocycles. The molecule has 0 aliphatic rings. The van der Waals surface area contributed by atoms with Crippen LogP contribution < -0.4 is 10.6 Å². The number of anilines is 1. The first kappa shape index (κ1) is 12.2. The van der Waals surface area contributed by atoms with Gasteiger partial charge in [-0.1, -0.05) is 0 Å². The van der Waals surface area contributed by atoms with Gasteiger partial charge in [0.05, 0.1) is 6.33 Å². The monoisotopic (exact) mass is 244 g/mol. The molecule has 2 rings (SSSR count). The van der Waals surface area contributed by atoms with Crippen molar-refractivity contribution in [2.45, 2.75) is 6.54 Å². The molecule has 94 valence electrons. The summed E-state index contributed by atoms with van der Waals surface area (Å²) in [6.07, 6.45) is 5.32. The van der Waals surface area contributed by atoms with E-state index in [1.165, 1.54) is 0 Å². The number of imidazole rings is 1. The summed E-state index contributed by atoms with van der Waals surface area (Å²) < 4.78 is 1.92. The van der Waals surface area contributed by atoms with Crippen LogP contribution in [0.5, 0.6) is 0 Å². The lowest BCUT2D eigenvalue weighted by Gasteiger charge is -2.06. The summed E-state index contributed by atoms with van der Waals surface area (Å²) in [4.78, 5) is 15.8. The third kappa shape index (κ3) is 3.10. The highest BCUT2D eigenvalue weighted by molar-refractivity contribution is 5.94. The normalized spacial score (nSPS) is 10.1. The molecule has 5 nitrogen and oxygen atoms in total. The van der Waals surface area contributed by atoms with Crippen molar-refractivity contribution < 1.29 is 4.79 Å². The molecular weight excluding hydrogens is 228 g/mol. The van der Waals surface area contributed by atoms with Gasteiger partial charge in [-0.3, -0.25) is 4.79 Å². The Morgan fingerprint density at radius 3 is 2.72 bits per heavy atom. The summed E-state index contributed by atoms with van der Waals surface area (Å²) in [6, 6.07) is 7.37. The average molecular weight is 244 g/mol. The largest absolute Gasteiger partial charge is 0.388 e.